The van der Waals surface area contributed by atoms with Gasteiger partial charge in [0.15, 0.2) is 16.7 Å². The van der Waals surface area contributed by atoms with Crippen LogP contribution < -0.4 is 15.4 Å². The van der Waals surface area contributed by atoms with Crippen molar-refractivity contribution >= 4 is 50.5 Å². The van der Waals surface area contributed by atoms with Gasteiger partial charge in [0.05, 0.1) is 21.5 Å². The van der Waals surface area contributed by atoms with E-state index < -0.39 is 5.82 Å². The first-order valence-electron chi connectivity index (χ1n) is 11.0. The van der Waals surface area contributed by atoms with Crippen LogP contribution in [-0.2, 0) is 18.3 Å². The fourth-order valence-electron chi connectivity index (χ4n) is 3.61. The van der Waals surface area contributed by atoms with Crippen LogP contribution in [0.2, 0.25) is 0 Å². The Balaban J connectivity index is 1.26. The van der Waals surface area contributed by atoms with Crippen molar-refractivity contribution in [3.05, 3.63) is 90.4 Å². The van der Waals surface area contributed by atoms with E-state index in [2.05, 4.69) is 20.6 Å². The van der Waals surface area contributed by atoms with E-state index in [-0.39, 0.29) is 29.0 Å². The van der Waals surface area contributed by atoms with Crippen LogP contribution >= 0.6 is 23.6 Å². The number of carbonyl (C=O) groups excluding carboxylic acids is 1. The smallest absolute Gasteiger partial charge is 0.230 e. The van der Waals surface area contributed by atoms with Crippen molar-refractivity contribution in [3.8, 4) is 22.2 Å². The molecule has 0 bridgehead atoms. The van der Waals surface area contributed by atoms with Gasteiger partial charge in [-0.3, -0.25) is 9.78 Å². The van der Waals surface area contributed by atoms with Crippen LogP contribution in [0.15, 0.2) is 73.2 Å². The Hall–Kier alpha value is -4.22. The minimum Gasteiger partial charge on any atom is -0.453 e. The van der Waals surface area contributed by atoms with Gasteiger partial charge in [0.2, 0.25) is 5.91 Å². The van der Waals surface area contributed by atoms with E-state index in [9.17, 15) is 13.6 Å². The highest BCUT2D eigenvalue weighted by Gasteiger charge is 2.15. The molecule has 0 unspecified atom stereocenters. The fraction of sp³-hybridized carbons (Fsp3) is 0.0769. The van der Waals surface area contributed by atoms with Gasteiger partial charge in [-0.25, -0.2) is 13.8 Å². The molecule has 3 heterocycles. The molecule has 0 aliphatic rings. The Morgan fingerprint density at radius 1 is 1.05 bits per heavy atom. The number of anilines is 1. The van der Waals surface area contributed by atoms with Crippen molar-refractivity contribution in [1.29, 1.82) is 0 Å². The van der Waals surface area contributed by atoms with E-state index in [1.807, 2.05) is 23.9 Å². The Kier molecular flexibility index (Phi) is 6.89. The molecule has 3 aromatic heterocycles. The minimum absolute atomic E-state index is 0.0106. The summed E-state index contributed by atoms with van der Waals surface area (Å²) in [5.41, 5.74) is 1.70. The maximum Gasteiger partial charge on any atom is 0.230 e. The first-order chi connectivity index (χ1) is 17.9. The van der Waals surface area contributed by atoms with Crippen molar-refractivity contribution in [2.75, 3.05) is 5.32 Å². The molecule has 5 rings (SSSR count). The lowest BCUT2D eigenvalue weighted by molar-refractivity contribution is -0.119. The van der Waals surface area contributed by atoms with E-state index >= 15 is 0 Å². The number of pyridine rings is 1. The molecular weight excluding hydrogens is 516 g/mol. The molecule has 2 N–H and O–H groups in total. The molecule has 2 aromatic carbocycles. The largest absolute Gasteiger partial charge is 0.453 e. The molecule has 5 aromatic rings. The molecule has 0 spiro atoms. The number of nitrogens with zero attached hydrogens (tertiary/aromatic N) is 3. The fourth-order valence-corrected chi connectivity index (χ4v) is 4.95. The monoisotopic (exact) mass is 535 g/mol. The van der Waals surface area contributed by atoms with Gasteiger partial charge in [0.1, 0.15) is 17.4 Å². The third-order valence-electron chi connectivity index (χ3n) is 5.36. The highest BCUT2D eigenvalue weighted by molar-refractivity contribution is 7.80. The molecule has 7 nitrogen and oxygen atoms in total. The van der Waals surface area contributed by atoms with Crippen LogP contribution in [0, 0.1) is 11.6 Å². The number of thiocarbonyl (C=S) groups is 1. The topological polar surface area (TPSA) is 81.1 Å². The first kappa shape index (κ1) is 24.5. The van der Waals surface area contributed by atoms with E-state index in [0.717, 1.165) is 20.9 Å². The molecule has 186 valence electrons. The van der Waals surface area contributed by atoms with Gasteiger partial charge in [0, 0.05) is 43.5 Å². The maximum absolute atomic E-state index is 14.9. The van der Waals surface area contributed by atoms with Crippen LogP contribution in [0.5, 0.6) is 11.5 Å². The molecule has 37 heavy (non-hydrogen) atoms. The molecular formula is C26H19F2N5O2S2. The number of nitrogens with one attached hydrogen (secondary N) is 2. The predicted molar refractivity (Wildman–Crippen MR) is 143 cm³/mol. The van der Waals surface area contributed by atoms with E-state index in [1.54, 1.807) is 24.5 Å². The number of aromatic nitrogens is 3. The van der Waals surface area contributed by atoms with E-state index in [1.165, 1.54) is 47.7 Å². The second-order valence-electron chi connectivity index (χ2n) is 8.05. The summed E-state index contributed by atoms with van der Waals surface area (Å²) >= 11 is 6.62. The number of carbonyl (C=O) groups is 1. The number of hydrogen-bond donors (Lipinski definition) is 2. The molecule has 0 aliphatic carbocycles. The molecule has 0 aliphatic heterocycles. The van der Waals surface area contributed by atoms with Gasteiger partial charge in [-0.1, -0.05) is 12.1 Å². The highest BCUT2D eigenvalue weighted by Crippen LogP contribution is 2.39. The number of fused-ring (bicyclic) bond motifs is 1. The van der Waals surface area contributed by atoms with Crippen molar-refractivity contribution in [2.45, 2.75) is 6.42 Å². The second kappa shape index (κ2) is 10.4. The number of ether oxygens (including phenoxy) is 1. The number of thiophene rings is 1. The van der Waals surface area contributed by atoms with Gasteiger partial charge in [-0.2, -0.15) is 0 Å². The van der Waals surface area contributed by atoms with E-state index in [4.69, 9.17) is 17.0 Å². The number of rotatable bonds is 6. The Morgan fingerprint density at radius 3 is 2.59 bits per heavy atom. The summed E-state index contributed by atoms with van der Waals surface area (Å²) in [4.78, 5) is 21.9. The maximum atomic E-state index is 14.9. The van der Waals surface area contributed by atoms with Crippen LogP contribution in [0.1, 0.15) is 5.56 Å². The Bertz CT molecular complexity index is 1620. The molecule has 0 saturated heterocycles. The molecule has 11 heteroatoms. The quantitative estimate of drug-likeness (QED) is 0.267. The SMILES string of the molecule is Cn1ccnc1-c1cc2nccc(Oc3ccc(NC(=S)NC(=O)Cc4ccc(F)cc4)cc3F)c2s1. The predicted octanol–water partition coefficient (Wildman–Crippen LogP) is 5.82. The number of amides is 1. The standard InChI is InChI=1S/C26H19F2N5O2S2/c1-33-11-10-30-25(33)22-14-19-24(37-22)21(8-9-29-19)35-20-7-6-17(13-18(20)28)31-26(36)32-23(34)12-15-2-4-16(27)5-3-15/h2-11,13-14H,12H2,1H3,(H2,31,32,34,36). The summed E-state index contributed by atoms with van der Waals surface area (Å²) in [5, 5.41) is 5.32. The zero-order valence-electron chi connectivity index (χ0n) is 19.4. The van der Waals surface area contributed by atoms with Crippen molar-refractivity contribution in [3.63, 3.8) is 0 Å². The molecule has 1 amide bonds. The number of hydrogen-bond acceptors (Lipinski definition) is 6. The lowest BCUT2D eigenvalue weighted by atomic mass is 10.1. The van der Waals surface area contributed by atoms with Gasteiger partial charge in [0.25, 0.3) is 0 Å². The van der Waals surface area contributed by atoms with Crippen molar-refractivity contribution in [2.24, 2.45) is 7.05 Å². The number of imidazole rings is 1. The molecule has 0 radical (unpaired) electrons. The van der Waals surface area contributed by atoms with Gasteiger partial charge < -0.3 is 19.9 Å². The number of halogens is 2. The van der Waals surface area contributed by atoms with Gasteiger partial charge >= 0.3 is 0 Å². The summed E-state index contributed by atoms with van der Waals surface area (Å²) in [6.45, 7) is 0. The van der Waals surface area contributed by atoms with Crippen LogP contribution in [0.3, 0.4) is 0 Å². The Morgan fingerprint density at radius 2 is 1.86 bits per heavy atom. The zero-order chi connectivity index (χ0) is 25.9. The number of aryl methyl sites for hydroxylation is 1. The summed E-state index contributed by atoms with van der Waals surface area (Å²) in [7, 11) is 1.91. The Labute approximate surface area is 219 Å². The third-order valence-corrected chi connectivity index (χ3v) is 6.70. The van der Waals surface area contributed by atoms with Crippen LogP contribution in [-0.4, -0.2) is 25.6 Å². The number of benzene rings is 2. The average molecular weight is 536 g/mol. The lowest BCUT2D eigenvalue weighted by Crippen LogP contribution is -2.35. The summed E-state index contributed by atoms with van der Waals surface area (Å²) in [6, 6.07) is 13.5. The summed E-state index contributed by atoms with van der Waals surface area (Å²) in [5.74, 6) is -0.0803. The average Bonchev–Trinajstić information content (AvgIpc) is 3.48. The summed E-state index contributed by atoms with van der Waals surface area (Å²) < 4.78 is 36.5. The van der Waals surface area contributed by atoms with Crippen molar-refractivity contribution < 1.29 is 18.3 Å². The third kappa shape index (κ3) is 5.63. The van der Waals surface area contributed by atoms with Gasteiger partial charge in [-0.05, 0) is 48.1 Å². The van der Waals surface area contributed by atoms with E-state index in [0.29, 0.717) is 17.0 Å². The van der Waals surface area contributed by atoms with Crippen LogP contribution in [0.4, 0.5) is 14.5 Å². The summed E-state index contributed by atoms with van der Waals surface area (Å²) in [6.07, 6.45) is 5.21. The lowest BCUT2D eigenvalue weighted by Gasteiger charge is -2.12. The van der Waals surface area contributed by atoms with Gasteiger partial charge in [-0.15, -0.1) is 11.3 Å². The first-order valence-corrected chi connectivity index (χ1v) is 12.3. The molecule has 0 fully saturated rings. The molecule has 0 atom stereocenters. The van der Waals surface area contributed by atoms with Crippen molar-refractivity contribution in [1.82, 2.24) is 19.9 Å². The minimum atomic E-state index is -0.615. The normalized spacial score (nSPS) is 10.9. The molecule has 0 saturated carbocycles. The van der Waals surface area contributed by atoms with Crippen LogP contribution in [0.25, 0.3) is 20.9 Å². The zero-order valence-corrected chi connectivity index (χ0v) is 21.0. The highest BCUT2D eigenvalue weighted by atomic mass is 32.1. The second-order valence-corrected chi connectivity index (χ2v) is 9.51.